The Hall–Kier alpha value is -3.47. The summed E-state index contributed by atoms with van der Waals surface area (Å²) in [6.07, 6.45) is 8.29. The number of imidazole rings is 1. The van der Waals surface area contributed by atoms with Crippen molar-refractivity contribution in [3.63, 3.8) is 0 Å². The van der Waals surface area contributed by atoms with Gasteiger partial charge in [0.15, 0.2) is 11.5 Å². The Morgan fingerprint density at radius 2 is 1.67 bits per heavy atom. The van der Waals surface area contributed by atoms with Crippen molar-refractivity contribution < 1.29 is 8.83 Å². The summed E-state index contributed by atoms with van der Waals surface area (Å²) < 4.78 is 11.1. The molecule has 0 amide bonds. The van der Waals surface area contributed by atoms with Crippen molar-refractivity contribution in [2.45, 2.75) is 19.3 Å². The van der Waals surface area contributed by atoms with Gasteiger partial charge in [-0.3, -0.25) is 0 Å². The van der Waals surface area contributed by atoms with E-state index in [4.69, 9.17) is 13.8 Å². The number of benzene rings is 1. The molecular formula is C22H19N3O2. The van der Waals surface area contributed by atoms with Gasteiger partial charge in [-0.1, -0.05) is 18.2 Å². The number of rotatable bonds is 6. The van der Waals surface area contributed by atoms with Gasteiger partial charge in [-0.2, -0.15) is 0 Å². The number of aromatic nitrogens is 3. The van der Waals surface area contributed by atoms with E-state index in [0.29, 0.717) is 0 Å². The third kappa shape index (κ3) is 2.97. The van der Waals surface area contributed by atoms with E-state index in [9.17, 15) is 0 Å². The van der Waals surface area contributed by atoms with Gasteiger partial charge in [-0.15, -0.1) is 0 Å². The van der Waals surface area contributed by atoms with Crippen molar-refractivity contribution in [1.29, 1.82) is 0 Å². The van der Waals surface area contributed by atoms with Gasteiger partial charge < -0.3 is 18.8 Å². The molecule has 0 spiro atoms. The average molecular weight is 357 g/mol. The monoisotopic (exact) mass is 357 g/mol. The van der Waals surface area contributed by atoms with Gasteiger partial charge in [0.1, 0.15) is 17.2 Å². The molecule has 5 rings (SSSR count). The molecule has 0 saturated carbocycles. The Morgan fingerprint density at radius 3 is 2.48 bits per heavy atom. The highest BCUT2D eigenvalue weighted by Crippen LogP contribution is 2.31. The number of nitrogens with one attached hydrogen (secondary N) is 2. The van der Waals surface area contributed by atoms with Gasteiger partial charge in [0.2, 0.25) is 0 Å². The zero-order chi connectivity index (χ0) is 18.1. The highest BCUT2D eigenvalue weighted by molar-refractivity contribution is 5.83. The standard InChI is InChI=1S/C22H19N3O2/c1-2-8-17-16(7-1)15(14-23-17)6-3-11-20-24-21(18-9-4-12-26-18)22(25-20)19-10-5-13-27-19/h1-2,4-5,7-10,12-14,23H,3,6,11H2,(H,24,25). The first-order valence-electron chi connectivity index (χ1n) is 9.10. The van der Waals surface area contributed by atoms with E-state index in [1.807, 2.05) is 24.3 Å². The van der Waals surface area contributed by atoms with Gasteiger partial charge in [0.05, 0.1) is 12.5 Å². The van der Waals surface area contributed by atoms with Crippen LogP contribution in [0.5, 0.6) is 0 Å². The molecule has 0 aliphatic carbocycles. The Morgan fingerprint density at radius 1 is 0.852 bits per heavy atom. The number of aromatic amines is 2. The summed E-state index contributed by atoms with van der Waals surface area (Å²) in [7, 11) is 0. The van der Waals surface area contributed by atoms with Crippen molar-refractivity contribution in [2.24, 2.45) is 0 Å². The van der Waals surface area contributed by atoms with Gasteiger partial charge >= 0.3 is 0 Å². The van der Waals surface area contributed by atoms with Gasteiger partial charge in [-0.25, -0.2) is 4.98 Å². The van der Waals surface area contributed by atoms with Crippen LogP contribution in [0, 0.1) is 0 Å². The molecule has 0 radical (unpaired) electrons. The number of nitrogens with zero attached hydrogens (tertiary/aromatic N) is 1. The number of hydrogen-bond donors (Lipinski definition) is 2. The van der Waals surface area contributed by atoms with Crippen LogP contribution in [0.1, 0.15) is 17.8 Å². The Labute approximate surface area is 156 Å². The summed E-state index contributed by atoms with van der Waals surface area (Å²) in [4.78, 5) is 11.5. The molecule has 0 aliphatic heterocycles. The zero-order valence-corrected chi connectivity index (χ0v) is 14.7. The third-order valence-electron chi connectivity index (χ3n) is 4.81. The van der Waals surface area contributed by atoms with Crippen LogP contribution in [0.4, 0.5) is 0 Å². The van der Waals surface area contributed by atoms with Crippen molar-refractivity contribution in [2.75, 3.05) is 0 Å². The molecular weight excluding hydrogens is 338 g/mol. The van der Waals surface area contributed by atoms with E-state index in [0.717, 1.165) is 48.0 Å². The number of furan rings is 2. The lowest BCUT2D eigenvalue weighted by Gasteiger charge is -1.99. The number of H-pyrrole nitrogens is 2. The molecule has 134 valence electrons. The highest BCUT2D eigenvalue weighted by Gasteiger charge is 2.18. The number of aryl methyl sites for hydroxylation is 2. The van der Waals surface area contributed by atoms with Crippen LogP contribution < -0.4 is 0 Å². The van der Waals surface area contributed by atoms with Gasteiger partial charge in [0, 0.05) is 23.5 Å². The predicted molar refractivity (Wildman–Crippen MR) is 104 cm³/mol. The largest absolute Gasteiger partial charge is 0.463 e. The highest BCUT2D eigenvalue weighted by atomic mass is 16.3. The van der Waals surface area contributed by atoms with Crippen LogP contribution in [0.3, 0.4) is 0 Å². The molecule has 4 heterocycles. The summed E-state index contributed by atoms with van der Waals surface area (Å²) in [6.45, 7) is 0. The summed E-state index contributed by atoms with van der Waals surface area (Å²) in [5, 5.41) is 1.30. The first kappa shape index (κ1) is 15.8. The minimum atomic E-state index is 0.737. The SMILES string of the molecule is c1coc(-c2nc(CCCc3c[nH]c4ccccc34)[nH]c2-c2ccco2)c1. The molecule has 0 unspecified atom stereocenters. The molecule has 2 N–H and O–H groups in total. The van der Waals surface area contributed by atoms with Gasteiger partial charge in [-0.05, 0) is 48.7 Å². The van der Waals surface area contributed by atoms with E-state index < -0.39 is 0 Å². The molecule has 27 heavy (non-hydrogen) atoms. The molecule has 1 aromatic carbocycles. The van der Waals surface area contributed by atoms with Crippen molar-refractivity contribution >= 4 is 10.9 Å². The maximum absolute atomic E-state index is 5.57. The smallest absolute Gasteiger partial charge is 0.154 e. The molecule has 0 aliphatic rings. The lowest BCUT2D eigenvalue weighted by Crippen LogP contribution is -1.91. The molecule has 4 aromatic heterocycles. The average Bonchev–Trinajstić information content (AvgIpc) is 3.47. The van der Waals surface area contributed by atoms with Crippen molar-refractivity contribution in [3.05, 3.63) is 78.6 Å². The van der Waals surface area contributed by atoms with Gasteiger partial charge in [0.25, 0.3) is 0 Å². The van der Waals surface area contributed by atoms with Crippen LogP contribution in [-0.4, -0.2) is 15.0 Å². The lowest BCUT2D eigenvalue weighted by atomic mass is 10.1. The van der Waals surface area contributed by atoms with Crippen LogP contribution in [0.25, 0.3) is 33.8 Å². The lowest BCUT2D eigenvalue weighted by molar-refractivity contribution is 0.573. The van der Waals surface area contributed by atoms with Crippen molar-refractivity contribution in [1.82, 2.24) is 15.0 Å². The molecule has 0 saturated heterocycles. The summed E-state index contributed by atoms with van der Waals surface area (Å²) in [6, 6.07) is 16.0. The maximum Gasteiger partial charge on any atom is 0.154 e. The van der Waals surface area contributed by atoms with E-state index in [-0.39, 0.29) is 0 Å². The summed E-state index contributed by atoms with van der Waals surface area (Å²) in [5.74, 6) is 2.44. The molecule has 0 fully saturated rings. The van der Waals surface area contributed by atoms with E-state index in [2.05, 4.69) is 40.4 Å². The molecule has 5 nitrogen and oxygen atoms in total. The van der Waals surface area contributed by atoms with E-state index >= 15 is 0 Å². The zero-order valence-electron chi connectivity index (χ0n) is 14.7. The fourth-order valence-electron chi connectivity index (χ4n) is 3.52. The molecule has 0 bridgehead atoms. The normalized spacial score (nSPS) is 11.4. The first-order chi connectivity index (χ1) is 13.4. The van der Waals surface area contributed by atoms with Crippen LogP contribution in [0.15, 0.2) is 76.1 Å². The minimum Gasteiger partial charge on any atom is -0.463 e. The summed E-state index contributed by atoms with van der Waals surface area (Å²) in [5.41, 5.74) is 4.18. The second-order valence-corrected chi connectivity index (χ2v) is 6.57. The minimum absolute atomic E-state index is 0.737. The number of fused-ring (bicyclic) bond motifs is 1. The van der Waals surface area contributed by atoms with E-state index in [1.165, 1.54) is 16.5 Å². The van der Waals surface area contributed by atoms with Crippen LogP contribution >= 0.6 is 0 Å². The fraction of sp³-hybridized carbons (Fsp3) is 0.136. The van der Waals surface area contributed by atoms with Crippen molar-refractivity contribution in [3.8, 4) is 22.9 Å². The topological polar surface area (TPSA) is 70.8 Å². The summed E-state index contributed by atoms with van der Waals surface area (Å²) >= 11 is 0. The van der Waals surface area contributed by atoms with E-state index in [1.54, 1.807) is 12.5 Å². The first-order valence-corrected chi connectivity index (χ1v) is 9.10. The Kier molecular flexibility index (Phi) is 3.90. The maximum atomic E-state index is 5.57. The Bertz CT molecular complexity index is 1100. The predicted octanol–water partition coefficient (Wildman–Crippen LogP) is 5.59. The number of hydrogen-bond acceptors (Lipinski definition) is 3. The van der Waals surface area contributed by atoms with Crippen LogP contribution in [-0.2, 0) is 12.8 Å². The molecule has 0 atom stereocenters. The van der Waals surface area contributed by atoms with Crippen LogP contribution in [0.2, 0.25) is 0 Å². The fourth-order valence-corrected chi connectivity index (χ4v) is 3.52. The second kappa shape index (κ2) is 6.68. The third-order valence-corrected chi connectivity index (χ3v) is 4.81. The quantitative estimate of drug-likeness (QED) is 0.416. The molecule has 5 aromatic rings. The Balaban J connectivity index is 1.37. The number of para-hydroxylation sites is 1. The molecule has 5 heteroatoms. The second-order valence-electron chi connectivity index (χ2n) is 6.57.